The number of methoxy groups -OCH3 is 2. The molecule has 0 radical (unpaired) electrons. The second-order valence-corrected chi connectivity index (χ2v) is 5.90. The molecule has 1 N–H and O–H groups in total. The lowest BCUT2D eigenvalue weighted by molar-refractivity contribution is 0.0301. The number of hydrogen-bond donors (Lipinski definition) is 1. The average molecular weight is 379 g/mol. The molecule has 8 nitrogen and oxygen atoms in total. The second-order valence-electron chi connectivity index (χ2n) is 5.50. The Balaban J connectivity index is 1.81. The molecule has 1 aliphatic rings. The molecule has 3 rings (SSSR count). The molecule has 1 saturated heterocycles. The maximum absolute atomic E-state index is 12.7. The standard InChI is InChI=1S/C17H19ClN4O4/c1-24-14-9-11(20-17-19-10-13(18)15(21-17)25-2)3-4-12(14)16(23)22-5-7-26-8-6-22/h3-4,9-10H,5-8H2,1-2H3,(H,19,20,21). The fraction of sp³-hybridized carbons (Fsp3) is 0.353. The first kappa shape index (κ1) is 18.2. The molecule has 138 valence electrons. The Morgan fingerprint density at radius 2 is 2.04 bits per heavy atom. The Bertz CT molecular complexity index is 796. The van der Waals surface area contributed by atoms with Crippen LogP contribution in [0.2, 0.25) is 5.02 Å². The molecule has 2 heterocycles. The Kier molecular flexibility index (Phi) is 5.75. The van der Waals surface area contributed by atoms with Crippen molar-refractivity contribution in [2.45, 2.75) is 0 Å². The van der Waals surface area contributed by atoms with Crippen LogP contribution in [-0.2, 0) is 4.74 Å². The molecule has 0 aliphatic carbocycles. The molecule has 0 spiro atoms. The van der Waals surface area contributed by atoms with E-state index in [0.29, 0.717) is 54.3 Å². The molecule has 1 aromatic carbocycles. The topological polar surface area (TPSA) is 85.8 Å². The van der Waals surface area contributed by atoms with Crippen molar-refractivity contribution in [2.75, 3.05) is 45.8 Å². The van der Waals surface area contributed by atoms with E-state index in [1.807, 2.05) is 0 Å². The highest BCUT2D eigenvalue weighted by Gasteiger charge is 2.22. The second kappa shape index (κ2) is 8.20. The zero-order valence-electron chi connectivity index (χ0n) is 14.5. The summed E-state index contributed by atoms with van der Waals surface area (Å²) in [4.78, 5) is 22.7. The van der Waals surface area contributed by atoms with Crippen molar-refractivity contribution in [1.82, 2.24) is 14.9 Å². The smallest absolute Gasteiger partial charge is 0.257 e. The molecular formula is C17H19ClN4O4. The van der Waals surface area contributed by atoms with Crippen LogP contribution in [0.4, 0.5) is 11.6 Å². The number of halogens is 1. The summed E-state index contributed by atoms with van der Waals surface area (Å²) in [6, 6.07) is 5.20. The minimum absolute atomic E-state index is 0.0823. The fourth-order valence-corrected chi connectivity index (χ4v) is 2.73. The predicted molar refractivity (Wildman–Crippen MR) is 96.6 cm³/mol. The van der Waals surface area contributed by atoms with Gasteiger partial charge < -0.3 is 24.4 Å². The summed E-state index contributed by atoms with van der Waals surface area (Å²) >= 11 is 5.93. The Labute approximate surface area is 156 Å². The monoisotopic (exact) mass is 378 g/mol. The highest BCUT2D eigenvalue weighted by molar-refractivity contribution is 6.31. The van der Waals surface area contributed by atoms with Gasteiger partial charge in [0.15, 0.2) is 0 Å². The minimum Gasteiger partial charge on any atom is -0.496 e. The van der Waals surface area contributed by atoms with Crippen LogP contribution in [0.25, 0.3) is 0 Å². The van der Waals surface area contributed by atoms with Gasteiger partial charge in [-0.25, -0.2) is 4.98 Å². The van der Waals surface area contributed by atoms with Crippen LogP contribution in [0.1, 0.15) is 10.4 Å². The van der Waals surface area contributed by atoms with E-state index in [9.17, 15) is 4.79 Å². The predicted octanol–water partition coefficient (Wildman–Crippen LogP) is 2.36. The van der Waals surface area contributed by atoms with Crippen LogP contribution in [0, 0.1) is 0 Å². The normalized spacial score (nSPS) is 14.0. The molecule has 1 amide bonds. The van der Waals surface area contributed by atoms with Crippen LogP contribution in [-0.4, -0.2) is 61.3 Å². The van der Waals surface area contributed by atoms with Gasteiger partial charge in [0.05, 0.1) is 39.2 Å². The molecule has 1 aromatic heterocycles. The zero-order chi connectivity index (χ0) is 18.5. The molecular weight excluding hydrogens is 360 g/mol. The van der Waals surface area contributed by atoms with E-state index in [4.69, 9.17) is 25.8 Å². The largest absolute Gasteiger partial charge is 0.496 e. The van der Waals surface area contributed by atoms with E-state index in [-0.39, 0.29) is 11.8 Å². The van der Waals surface area contributed by atoms with Crippen molar-refractivity contribution in [3.8, 4) is 11.6 Å². The Morgan fingerprint density at radius 1 is 1.27 bits per heavy atom. The van der Waals surface area contributed by atoms with Crippen LogP contribution < -0.4 is 14.8 Å². The third-order valence-electron chi connectivity index (χ3n) is 3.89. The SMILES string of the molecule is COc1cc(Nc2ncc(Cl)c(OC)n2)ccc1C(=O)N1CCOCC1. The van der Waals surface area contributed by atoms with E-state index in [1.165, 1.54) is 20.4 Å². The van der Waals surface area contributed by atoms with Crippen LogP contribution in [0.3, 0.4) is 0 Å². The van der Waals surface area contributed by atoms with Crippen molar-refractivity contribution < 1.29 is 19.0 Å². The van der Waals surface area contributed by atoms with Crippen molar-refractivity contribution in [2.24, 2.45) is 0 Å². The first-order valence-corrected chi connectivity index (χ1v) is 8.38. The molecule has 0 bridgehead atoms. The molecule has 2 aromatic rings. The van der Waals surface area contributed by atoms with Gasteiger partial charge in [-0.05, 0) is 12.1 Å². The molecule has 1 aliphatic heterocycles. The lowest BCUT2D eigenvalue weighted by atomic mass is 10.1. The highest BCUT2D eigenvalue weighted by Crippen LogP contribution is 2.27. The summed E-state index contributed by atoms with van der Waals surface area (Å²) in [5, 5.41) is 3.36. The quantitative estimate of drug-likeness (QED) is 0.854. The molecule has 0 saturated carbocycles. The van der Waals surface area contributed by atoms with E-state index in [0.717, 1.165) is 0 Å². The number of anilines is 2. The number of nitrogens with zero attached hydrogens (tertiary/aromatic N) is 3. The number of hydrogen-bond acceptors (Lipinski definition) is 7. The highest BCUT2D eigenvalue weighted by atomic mass is 35.5. The zero-order valence-corrected chi connectivity index (χ0v) is 15.2. The van der Waals surface area contributed by atoms with Crippen LogP contribution in [0.5, 0.6) is 11.6 Å². The molecule has 1 fully saturated rings. The summed E-state index contributed by atoms with van der Waals surface area (Å²) in [5.41, 5.74) is 1.17. The third kappa shape index (κ3) is 3.97. The van der Waals surface area contributed by atoms with E-state index >= 15 is 0 Å². The summed E-state index contributed by atoms with van der Waals surface area (Å²) in [7, 11) is 3.00. The van der Waals surface area contributed by atoms with E-state index < -0.39 is 0 Å². The number of morpholine rings is 1. The molecule has 0 unspecified atom stereocenters. The van der Waals surface area contributed by atoms with Crippen molar-refractivity contribution in [3.05, 3.63) is 35.0 Å². The number of ether oxygens (including phenoxy) is 3. The minimum atomic E-state index is -0.0823. The number of carbonyl (C=O) groups is 1. The van der Waals surface area contributed by atoms with Gasteiger partial charge in [0.25, 0.3) is 5.91 Å². The van der Waals surface area contributed by atoms with Crippen molar-refractivity contribution in [3.63, 3.8) is 0 Å². The van der Waals surface area contributed by atoms with E-state index in [2.05, 4.69) is 15.3 Å². The lowest BCUT2D eigenvalue weighted by Gasteiger charge is -2.27. The number of aromatic nitrogens is 2. The molecule has 0 atom stereocenters. The summed E-state index contributed by atoms with van der Waals surface area (Å²) in [5.74, 6) is 0.976. The first-order chi connectivity index (χ1) is 12.6. The fourth-order valence-electron chi connectivity index (χ4n) is 2.57. The van der Waals surface area contributed by atoms with Gasteiger partial charge in [-0.2, -0.15) is 4.98 Å². The number of carbonyl (C=O) groups excluding carboxylic acids is 1. The van der Waals surface area contributed by atoms with Gasteiger partial charge in [-0.15, -0.1) is 0 Å². The van der Waals surface area contributed by atoms with E-state index in [1.54, 1.807) is 23.1 Å². The number of nitrogens with one attached hydrogen (secondary N) is 1. The summed E-state index contributed by atoms with van der Waals surface area (Å²) in [6.07, 6.45) is 1.45. The Hall–Kier alpha value is -2.58. The maximum Gasteiger partial charge on any atom is 0.257 e. The molecule has 26 heavy (non-hydrogen) atoms. The van der Waals surface area contributed by atoms with Gasteiger partial charge in [-0.3, -0.25) is 4.79 Å². The summed E-state index contributed by atoms with van der Waals surface area (Å²) in [6.45, 7) is 2.23. The maximum atomic E-state index is 12.7. The first-order valence-electron chi connectivity index (χ1n) is 8.01. The van der Waals surface area contributed by atoms with Gasteiger partial charge in [-0.1, -0.05) is 11.6 Å². The van der Waals surface area contributed by atoms with Gasteiger partial charge in [0.2, 0.25) is 11.8 Å². The van der Waals surface area contributed by atoms with Crippen molar-refractivity contribution in [1.29, 1.82) is 0 Å². The summed E-state index contributed by atoms with van der Waals surface area (Å²) < 4.78 is 15.8. The number of rotatable bonds is 5. The van der Waals surface area contributed by atoms with Gasteiger partial charge >= 0.3 is 0 Å². The third-order valence-corrected chi connectivity index (χ3v) is 4.15. The Morgan fingerprint density at radius 3 is 2.73 bits per heavy atom. The van der Waals surface area contributed by atoms with Crippen LogP contribution in [0.15, 0.2) is 24.4 Å². The van der Waals surface area contributed by atoms with Gasteiger partial charge in [0.1, 0.15) is 10.8 Å². The molecule has 9 heteroatoms. The number of amides is 1. The van der Waals surface area contributed by atoms with Crippen LogP contribution >= 0.6 is 11.6 Å². The van der Waals surface area contributed by atoms with Crippen molar-refractivity contribution >= 4 is 29.1 Å². The van der Waals surface area contributed by atoms with Gasteiger partial charge in [0, 0.05) is 24.8 Å². The lowest BCUT2D eigenvalue weighted by Crippen LogP contribution is -2.40. The number of benzene rings is 1. The average Bonchev–Trinajstić information content (AvgIpc) is 2.69.